The second kappa shape index (κ2) is 6.54. The van der Waals surface area contributed by atoms with E-state index in [0.717, 1.165) is 11.3 Å². The predicted octanol–water partition coefficient (Wildman–Crippen LogP) is 1.39. The molecule has 1 aromatic carbocycles. The number of fused-ring (bicyclic) bond motifs is 3. The Morgan fingerprint density at radius 2 is 2.04 bits per heavy atom. The van der Waals surface area contributed by atoms with Crippen LogP contribution in [0.4, 0.5) is 11.6 Å². The molecule has 4 rings (SSSR count). The SMILES string of the molecule is Cc1ccc(N2CCn3c2nc2c3c(=O)n(CCCO)c(=O)n2C)cc1Cl. The third kappa shape index (κ3) is 2.67. The van der Waals surface area contributed by atoms with Gasteiger partial charge >= 0.3 is 5.69 Å². The van der Waals surface area contributed by atoms with E-state index in [1.165, 1.54) is 9.13 Å². The third-order valence-electron chi connectivity index (χ3n) is 5.01. The van der Waals surface area contributed by atoms with Crippen molar-refractivity contribution in [1.29, 1.82) is 0 Å². The molecule has 8 nitrogen and oxygen atoms in total. The van der Waals surface area contributed by atoms with E-state index in [4.69, 9.17) is 16.7 Å². The molecule has 1 aliphatic rings. The van der Waals surface area contributed by atoms with Crippen molar-refractivity contribution in [2.75, 3.05) is 18.1 Å². The maximum Gasteiger partial charge on any atom is 0.332 e. The Kier molecular flexibility index (Phi) is 4.32. The van der Waals surface area contributed by atoms with Gasteiger partial charge in [-0.3, -0.25) is 13.9 Å². The van der Waals surface area contributed by atoms with Crippen LogP contribution in [0, 0.1) is 6.92 Å². The van der Waals surface area contributed by atoms with Crippen LogP contribution in [0.3, 0.4) is 0 Å². The number of rotatable bonds is 4. The summed E-state index contributed by atoms with van der Waals surface area (Å²) in [5.74, 6) is 0.622. The summed E-state index contributed by atoms with van der Waals surface area (Å²) in [6.07, 6.45) is 0.343. The molecule has 9 heteroatoms. The van der Waals surface area contributed by atoms with E-state index in [1.807, 2.05) is 34.6 Å². The lowest BCUT2D eigenvalue weighted by Crippen LogP contribution is -2.39. The van der Waals surface area contributed by atoms with E-state index in [2.05, 4.69) is 4.98 Å². The molecular weight excluding hydrogens is 370 g/mol. The van der Waals surface area contributed by atoms with Crippen LogP contribution < -0.4 is 16.1 Å². The largest absolute Gasteiger partial charge is 0.396 e. The zero-order chi connectivity index (χ0) is 19.3. The van der Waals surface area contributed by atoms with Crippen molar-refractivity contribution < 1.29 is 5.11 Å². The van der Waals surface area contributed by atoms with Crippen molar-refractivity contribution in [3.05, 3.63) is 49.6 Å². The summed E-state index contributed by atoms with van der Waals surface area (Å²) in [7, 11) is 1.61. The monoisotopic (exact) mass is 389 g/mol. The van der Waals surface area contributed by atoms with E-state index in [9.17, 15) is 9.59 Å². The van der Waals surface area contributed by atoms with Crippen LogP contribution in [0.1, 0.15) is 12.0 Å². The highest BCUT2D eigenvalue weighted by molar-refractivity contribution is 6.31. The summed E-state index contributed by atoms with van der Waals surface area (Å²) in [4.78, 5) is 32.1. The van der Waals surface area contributed by atoms with Gasteiger partial charge in [0.2, 0.25) is 5.95 Å². The summed E-state index contributed by atoms with van der Waals surface area (Å²) in [6, 6.07) is 5.79. The molecule has 0 radical (unpaired) electrons. The number of nitrogens with zero attached hydrogens (tertiary/aromatic N) is 5. The fourth-order valence-corrected chi connectivity index (χ4v) is 3.67. The summed E-state index contributed by atoms with van der Waals surface area (Å²) in [5, 5.41) is 9.72. The Morgan fingerprint density at radius 3 is 2.74 bits per heavy atom. The molecular formula is C18H20ClN5O3. The standard InChI is InChI=1S/C18H20ClN5O3/c1-11-4-5-12(10-13(11)19)22-7-8-23-14-15(20-17(22)23)21(2)18(27)24(16(14)26)6-3-9-25/h4-5,10,25H,3,6-9H2,1-2H3. The minimum Gasteiger partial charge on any atom is -0.396 e. The summed E-state index contributed by atoms with van der Waals surface area (Å²) in [6.45, 7) is 3.28. The number of benzene rings is 1. The van der Waals surface area contributed by atoms with Gasteiger partial charge in [0.05, 0.1) is 0 Å². The Bertz CT molecular complexity index is 1160. The Hall–Kier alpha value is -2.58. The predicted molar refractivity (Wildman–Crippen MR) is 104 cm³/mol. The van der Waals surface area contributed by atoms with Gasteiger partial charge < -0.3 is 14.6 Å². The van der Waals surface area contributed by atoms with Crippen molar-refractivity contribution in [2.24, 2.45) is 7.05 Å². The minimum absolute atomic E-state index is 0.0832. The van der Waals surface area contributed by atoms with Gasteiger partial charge in [0.1, 0.15) is 0 Å². The molecule has 3 aromatic rings. The molecule has 0 spiro atoms. The topological polar surface area (TPSA) is 85.3 Å². The van der Waals surface area contributed by atoms with Gasteiger partial charge in [0.15, 0.2) is 11.2 Å². The van der Waals surface area contributed by atoms with Gasteiger partial charge in [-0.2, -0.15) is 4.98 Å². The minimum atomic E-state index is -0.428. The Labute approximate surface area is 159 Å². The Morgan fingerprint density at radius 1 is 1.26 bits per heavy atom. The molecule has 0 saturated heterocycles. The molecule has 27 heavy (non-hydrogen) atoms. The normalized spacial score (nSPS) is 13.6. The van der Waals surface area contributed by atoms with E-state index < -0.39 is 5.69 Å². The average molecular weight is 390 g/mol. The molecule has 1 N–H and O–H groups in total. The number of hydrogen-bond donors (Lipinski definition) is 1. The number of halogens is 1. The van der Waals surface area contributed by atoms with Crippen LogP contribution in [0.15, 0.2) is 27.8 Å². The van der Waals surface area contributed by atoms with Crippen LogP contribution in [0.2, 0.25) is 5.02 Å². The molecule has 0 fully saturated rings. The third-order valence-corrected chi connectivity index (χ3v) is 5.42. The van der Waals surface area contributed by atoms with Gasteiger partial charge in [0.25, 0.3) is 5.56 Å². The molecule has 142 valence electrons. The fourth-order valence-electron chi connectivity index (χ4n) is 3.50. The van der Waals surface area contributed by atoms with E-state index in [0.29, 0.717) is 41.6 Å². The molecule has 0 unspecified atom stereocenters. The van der Waals surface area contributed by atoms with Crippen molar-refractivity contribution >= 4 is 34.4 Å². The fraction of sp³-hybridized carbons (Fsp3) is 0.389. The zero-order valence-electron chi connectivity index (χ0n) is 15.1. The molecule has 3 heterocycles. The van der Waals surface area contributed by atoms with Crippen LogP contribution in [-0.2, 0) is 20.1 Å². The number of aliphatic hydroxyl groups excluding tert-OH is 1. The van der Waals surface area contributed by atoms with Crippen LogP contribution in [0.25, 0.3) is 11.2 Å². The second-order valence-electron chi connectivity index (χ2n) is 6.70. The van der Waals surface area contributed by atoms with E-state index in [1.54, 1.807) is 7.05 Å². The van der Waals surface area contributed by atoms with Crippen molar-refractivity contribution in [3.8, 4) is 0 Å². The molecule has 1 aliphatic heterocycles. The number of anilines is 2. The highest BCUT2D eigenvalue weighted by Gasteiger charge is 2.28. The molecule has 0 bridgehead atoms. The summed E-state index contributed by atoms with van der Waals surface area (Å²) >= 11 is 6.27. The smallest absolute Gasteiger partial charge is 0.332 e. The molecule has 0 aliphatic carbocycles. The summed E-state index contributed by atoms with van der Waals surface area (Å²) < 4.78 is 4.40. The molecule has 2 aromatic heterocycles. The number of imidazole rings is 1. The van der Waals surface area contributed by atoms with Crippen molar-refractivity contribution in [1.82, 2.24) is 18.7 Å². The van der Waals surface area contributed by atoms with Crippen molar-refractivity contribution in [2.45, 2.75) is 26.4 Å². The van der Waals surface area contributed by atoms with E-state index in [-0.39, 0.29) is 18.7 Å². The first-order valence-electron chi connectivity index (χ1n) is 8.78. The Balaban J connectivity index is 1.91. The second-order valence-corrected chi connectivity index (χ2v) is 7.10. The number of aromatic nitrogens is 4. The lowest BCUT2D eigenvalue weighted by molar-refractivity contribution is 0.277. The van der Waals surface area contributed by atoms with Gasteiger partial charge in [0, 0.05) is 44.0 Å². The number of aryl methyl sites for hydroxylation is 2. The van der Waals surface area contributed by atoms with Gasteiger partial charge in [-0.25, -0.2) is 4.79 Å². The molecule has 0 amide bonds. The van der Waals surface area contributed by atoms with Crippen molar-refractivity contribution in [3.63, 3.8) is 0 Å². The lowest BCUT2D eigenvalue weighted by Gasteiger charge is -2.16. The highest BCUT2D eigenvalue weighted by Crippen LogP contribution is 2.33. The first kappa shape index (κ1) is 17.8. The quantitative estimate of drug-likeness (QED) is 0.728. The highest BCUT2D eigenvalue weighted by atomic mass is 35.5. The average Bonchev–Trinajstić information content (AvgIpc) is 3.21. The van der Waals surface area contributed by atoms with Crippen LogP contribution >= 0.6 is 11.6 Å². The number of hydrogen-bond acceptors (Lipinski definition) is 5. The maximum absolute atomic E-state index is 12.9. The maximum atomic E-state index is 12.9. The zero-order valence-corrected chi connectivity index (χ0v) is 15.9. The molecule has 0 saturated carbocycles. The first-order chi connectivity index (χ1) is 12.9. The number of aliphatic hydroxyl groups is 1. The van der Waals surface area contributed by atoms with Gasteiger partial charge in [-0.05, 0) is 31.0 Å². The van der Waals surface area contributed by atoms with Crippen LogP contribution in [-0.4, -0.2) is 36.9 Å². The lowest BCUT2D eigenvalue weighted by atomic mass is 10.2. The van der Waals surface area contributed by atoms with Gasteiger partial charge in [-0.15, -0.1) is 0 Å². The summed E-state index contributed by atoms with van der Waals surface area (Å²) in [5.41, 5.74) is 1.85. The van der Waals surface area contributed by atoms with Crippen LogP contribution in [0.5, 0.6) is 0 Å². The van der Waals surface area contributed by atoms with Gasteiger partial charge in [-0.1, -0.05) is 17.7 Å². The molecule has 0 atom stereocenters. The first-order valence-corrected chi connectivity index (χ1v) is 9.16. The van der Waals surface area contributed by atoms with E-state index >= 15 is 0 Å².